The fourth-order valence-electron chi connectivity index (χ4n) is 0.272. The van der Waals surface area contributed by atoms with Gasteiger partial charge in [-0.2, -0.15) is 0 Å². The highest BCUT2D eigenvalue weighted by Gasteiger charge is 1.92. The molecule has 0 aliphatic carbocycles. The van der Waals surface area contributed by atoms with Gasteiger partial charge in [0.25, 0.3) is 0 Å². The van der Waals surface area contributed by atoms with Gasteiger partial charge in [-0.1, -0.05) is 44.6 Å². The van der Waals surface area contributed by atoms with Crippen molar-refractivity contribution < 1.29 is 0 Å². The van der Waals surface area contributed by atoms with Crippen molar-refractivity contribution in [2.75, 3.05) is 0 Å². The molecule has 0 saturated heterocycles. The third kappa shape index (κ3) is 7.02. The van der Waals surface area contributed by atoms with Crippen LogP contribution in [0.25, 0.3) is 0 Å². The molecule has 0 nitrogen and oxygen atoms in total. The van der Waals surface area contributed by atoms with Crippen molar-refractivity contribution in [3.8, 4) is 0 Å². The number of hydrogen-bond acceptors (Lipinski definition) is 0. The van der Waals surface area contributed by atoms with E-state index in [1.807, 2.05) is 0 Å². The lowest BCUT2D eigenvalue weighted by Gasteiger charge is -1.95. The monoisotopic (exact) mass is 224 g/mol. The van der Waals surface area contributed by atoms with Gasteiger partial charge in [-0.05, 0) is 6.42 Å². The van der Waals surface area contributed by atoms with E-state index < -0.39 is 0 Å². The van der Waals surface area contributed by atoms with Gasteiger partial charge in [0.05, 0.1) is 11.6 Å². The van der Waals surface area contributed by atoms with Gasteiger partial charge in [0.2, 0.25) is 0 Å². The molecule has 0 spiro atoms. The van der Waals surface area contributed by atoms with Gasteiger partial charge in [-0.15, -0.1) is 0 Å². The molecule has 0 saturated carbocycles. The molecule has 0 rings (SSSR count). The SMILES string of the molecule is [B]CCCC(Br)Br. The van der Waals surface area contributed by atoms with Crippen LogP contribution in [0.1, 0.15) is 12.8 Å². The molecule has 2 radical (unpaired) electrons. The van der Waals surface area contributed by atoms with Crippen LogP contribution in [0.4, 0.5) is 0 Å². The Balaban J connectivity index is 2.68. The molecule has 3 heteroatoms. The van der Waals surface area contributed by atoms with E-state index in [1.54, 1.807) is 0 Å². The second-order valence-electron chi connectivity index (χ2n) is 1.32. The Labute approximate surface area is 62.7 Å². The highest BCUT2D eigenvalue weighted by Crippen LogP contribution is 2.14. The van der Waals surface area contributed by atoms with Gasteiger partial charge >= 0.3 is 0 Å². The largest absolute Gasteiger partial charge is 0.0886 e. The van der Waals surface area contributed by atoms with Gasteiger partial charge in [0.15, 0.2) is 0 Å². The first-order valence-electron chi connectivity index (χ1n) is 2.25. The Hall–Kier alpha value is 1.02. The van der Waals surface area contributed by atoms with Crippen LogP contribution in [-0.2, 0) is 0 Å². The summed E-state index contributed by atoms with van der Waals surface area (Å²) in [6, 6.07) is 0. The molecule has 40 valence electrons. The lowest BCUT2D eigenvalue weighted by Crippen LogP contribution is -1.82. The second-order valence-corrected chi connectivity index (χ2v) is 4.76. The van der Waals surface area contributed by atoms with Gasteiger partial charge < -0.3 is 0 Å². The molecule has 0 atom stereocenters. The Morgan fingerprint density at radius 1 is 1.43 bits per heavy atom. The predicted molar refractivity (Wildman–Crippen MR) is 41.4 cm³/mol. The van der Waals surface area contributed by atoms with Gasteiger partial charge in [-0.3, -0.25) is 0 Å². The zero-order valence-electron chi connectivity index (χ0n) is 4.03. The summed E-state index contributed by atoms with van der Waals surface area (Å²) in [7, 11) is 5.24. The maximum atomic E-state index is 5.24. The Bertz CT molecular complexity index is 38.7. The third-order valence-corrected chi connectivity index (χ3v) is 1.54. The Kier molecular flexibility index (Phi) is 5.92. The van der Waals surface area contributed by atoms with Crippen LogP contribution < -0.4 is 0 Å². The molecule has 0 aromatic heterocycles. The standard InChI is InChI=1S/C4H7BBr2/c5-3-1-2-4(6)7/h4H,1-3H2. The fourth-order valence-corrected chi connectivity index (χ4v) is 0.920. The first-order valence-corrected chi connectivity index (χ1v) is 4.08. The molecule has 0 aromatic rings. The Morgan fingerprint density at radius 2 is 2.00 bits per heavy atom. The first-order chi connectivity index (χ1) is 3.27. The summed E-state index contributed by atoms with van der Waals surface area (Å²) in [4.78, 5) is 0. The lowest BCUT2D eigenvalue weighted by molar-refractivity contribution is 0.881. The molecule has 0 N–H and O–H groups in total. The summed E-state index contributed by atoms with van der Waals surface area (Å²) in [6.45, 7) is 0. The van der Waals surface area contributed by atoms with Crippen LogP contribution in [0.5, 0.6) is 0 Å². The van der Waals surface area contributed by atoms with Crippen LogP contribution in [0.3, 0.4) is 0 Å². The molecular formula is C4H7BBr2. The average Bonchev–Trinajstić information content (AvgIpc) is 1.61. The van der Waals surface area contributed by atoms with E-state index >= 15 is 0 Å². The topological polar surface area (TPSA) is 0 Å². The number of halogens is 2. The zero-order valence-corrected chi connectivity index (χ0v) is 7.20. The second kappa shape index (κ2) is 5.17. The van der Waals surface area contributed by atoms with Crippen molar-refractivity contribution in [1.82, 2.24) is 0 Å². The van der Waals surface area contributed by atoms with Gasteiger partial charge in [0.1, 0.15) is 0 Å². The zero-order chi connectivity index (χ0) is 5.70. The van der Waals surface area contributed by atoms with Crippen molar-refractivity contribution in [2.45, 2.75) is 22.9 Å². The fraction of sp³-hybridized carbons (Fsp3) is 1.00. The summed E-state index contributed by atoms with van der Waals surface area (Å²) < 4.78 is 0.448. The molecule has 0 fully saturated rings. The van der Waals surface area contributed by atoms with E-state index in [0.29, 0.717) is 3.74 Å². The smallest absolute Gasteiger partial charge is 0.0697 e. The predicted octanol–water partition coefficient (Wildman–Crippen LogP) is 2.47. The minimum Gasteiger partial charge on any atom is -0.0886 e. The molecule has 0 heterocycles. The van der Waals surface area contributed by atoms with Crippen LogP contribution in [0.2, 0.25) is 6.32 Å². The van der Waals surface area contributed by atoms with E-state index in [0.717, 1.165) is 19.2 Å². The van der Waals surface area contributed by atoms with Gasteiger partial charge in [-0.25, -0.2) is 0 Å². The molecule has 0 aliphatic rings. The molecular weight excluding hydrogens is 219 g/mol. The number of alkyl halides is 2. The van der Waals surface area contributed by atoms with E-state index in [4.69, 9.17) is 7.85 Å². The number of hydrogen-bond donors (Lipinski definition) is 0. The normalized spacial score (nSPS) is 10.1. The summed E-state index contributed by atoms with van der Waals surface area (Å²) in [6.07, 6.45) is 2.98. The van der Waals surface area contributed by atoms with Crippen LogP contribution in [0.15, 0.2) is 0 Å². The van der Waals surface area contributed by atoms with E-state index in [1.165, 1.54) is 0 Å². The highest BCUT2D eigenvalue weighted by molar-refractivity contribution is 9.24. The first kappa shape index (κ1) is 8.02. The third-order valence-electron chi connectivity index (χ3n) is 0.626. The van der Waals surface area contributed by atoms with E-state index in [-0.39, 0.29) is 0 Å². The highest BCUT2D eigenvalue weighted by atomic mass is 79.9. The van der Waals surface area contributed by atoms with E-state index in [9.17, 15) is 0 Å². The maximum Gasteiger partial charge on any atom is 0.0697 e. The van der Waals surface area contributed by atoms with Crippen molar-refractivity contribution in [3.63, 3.8) is 0 Å². The minimum atomic E-state index is 0.448. The average molecular weight is 226 g/mol. The lowest BCUT2D eigenvalue weighted by atomic mass is 10.0. The van der Waals surface area contributed by atoms with Crippen LogP contribution in [0, 0.1) is 0 Å². The van der Waals surface area contributed by atoms with Crippen LogP contribution in [-0.4, -0.2) is 11.6 Å². The number of rotatable bonds is 3. The Morgan fingerprint density at radius 3 is 2.14 bits per heavy atom. The molecule has 0 amide bonds. The molecule has 0 unspecified atom stereocenters. The van der Waals surface area contributed by atoms with E-state index in [2.05, 4.69) is 31.9 Å². The summed E-state index contributed by atoms with van der Waals surface area (Å²) in [5.41, 5.74) is 0. The van der Waals surface area contributed by atoms with Crippen molar-refractivity contribution in [3.05, 3.63) is 0 Å². The maximum absolute atomic E-state index is 5.24. The van der Waals surface area contributed by atoms with Crippen molar-refractivity contribution in [2.24, 2.45) is 0 Å². The molecule has 0 aromatic carbocycles. The van der Waals surface area contributed by atoms with Gasteiger partial charge in [0, 0.05) is 0 Å². The molecule has 7 heavy (non-hydrogen) atoms. The quantitative estimate of drug-likeness (QED) is 0.512. The summed E-state index contributed by atoms with van der Waals surface area (Å²) >= 11 is 6.67. The van der Waals surface area contributed by atoms with Crippen LogP contribution >= 0.6 is 31.9 Å². The minimum absolute atomic E-state index is 0.448. The van der Waals surface area contributed by atoms with Crippen molar-refractivity contribution >= 4 is 39.7 Å². The summed E-state index contributed by atoms with van der Waals surface area (Å²) in [5.74, 6) is 0. The molecule has 0 bridgehead atoms. The summed E-state index contributed by atoms with van der Waals surface area (Å²) in [5, 5.41) is 0. The molecule has 0 aliphatic heterocycles. The van der Waals surface area contributed by atoms with Crippen molar-refractivity contribution in [1.29, 1.82) is 0 Å².